The molecule has 0 radical (unpaired) electrons. The van der Waals surface area contributed by atoms with E-state index in [0.29, 0.717) is 18.8 Å². The second kappa shape index (κ2) is 12.2. The Labute approximate surface area is 126 Å². The van der Waals surface area contributed by atoms with Crippen LogP contribution in [0.3, 0.4) is 0 Å². The molecule has 0 bridgehead atoms. The molecular formula is C15H27NO5. The second-order valence-electron chi connectivity index (χ2n) is 4.78. The highest BCUT2D eigenvalue weighted by molar-refractivity contribution is 5.86. The largest absolute Gasteiger partial charge is 0.460 e. The fourth-order valence-electron chi connectivity index (χ4n) is 1.24. The Morgan fingerprint density at radius 2 is 1.81 bits per heavy atom. The van der Waals surface area contributed by atoms with Gasteiger partial charge in [-0.3, -0.25) is 0 Å². The summed E-state index contributed by atoms with van der Waals surface area (Å²) < 4.78 is 15.3. The van der Waals surface area contributed by atoms with Gasteiger partial charge in [0.1, 0.15) is 6.61 Å². The quantitative estimate of drug-likeness (QED) is 0.360. The number of alkyl carbamates (subject to hydrolysis) is 1. The van der Waals surface area contributed by atoms with Gasteiger partial charge >= 0.3 is 12.1 Å². The lowest BCUT2D eigenvalue weighted by Crippen LogP contribution is -2.29. The summed E-state index contributed by atoms with van der Waals surface area (Å²) in [6, 6.07) is 0. The van der Waals surface area contributed by atoms with Crippen LogP contribution >= 0.6 is 0 Å². The van der Waals surface area contributed by atoms with Crippen LogP contribution in [-0.2, 0) is 19.0 Å². The number of amides is 1. The van der Waals surface area contributed by atoms with Crippen molar-refractivity contribution in [1.82, 2.24) is 5.32 Å². The van der Waals surface area contributed by atoms with Crippen molar-refractivity contribution in [3.05, 3.63) is 12.2 Å². The van der Waals surface area contributed by atoms with Crippen LogP contribution in [0.4, 0.5) is 4.79 Å². The Morgan fingerprint density at radius 1 is 1.14 bits per heavy atom. The number of carbonyl (C=O) groups is 2. The predicted molar refractivity (Wildman–Crippen MR) is 80.1 cm³/mol. The highest BCUT2D eigenvalue weighted by Crippen LogP contribution is 1.99. The van der Waals surface area contributed by atoms with E-state index in [4.69, 9.17) is 14.2 Å². The minimum absolute atomic E-state index is 0.101. The average Bonchev–Trinajstić information content (AvgIpc) is 2.46. The molecular weight excluding hydrogens is 274 g/mol. The molecule has 0 heterocycles. The van der Waals surface area contributed by atoms with E-state index in [1.807, 2.05) is 6.92 Å². The molecule has 0 fully saturated rings. The van der Waals surface area contributed by atoms with Gasteiger partial charge in [-0.05, 0) is 33.1 Å². The van der Waals surface area contributed by atoms with Crippen LogP contribution < -0.4 is 5.32 Å². The minimum Gasteiger partial charge on any atom is -0.460 e. The Bertz CT molecular complexity index is 330. The van der Waals surface area contributed by atoms with Crippen molar-refractivity contribution in [1.29, 1.82) is 0 Å². The number of unbranched alkanes of at least 4 members (excludes halogenated alkanes) is 1. The van der Waals surface area contributed by atoms with E-state index < -0.39 is 12.1 Å². The van der Waals surface area contributed by atoms with E-state index in [1.54, 1.807) is 6.92 Å². The third-order valence-electron chi connectivity index (χ3n) is 2.70. The van der Waals surface area contributed by atoms with Crippen LogP contribution in [0.5, 0.6) is 0 Å². The smallest absolute Gasteiger partial charge is 0.407 e. The monoisotopic (exact) mass is 301 g/mol. The SMILES string of the molecule is C=C(C)C(=O)OCCNC(=O)OCCCCOC(C)CC. The van der Waals surface area contributed by atoms with E-state index in [-0.39, 0.29) is 19.3 Å². The molecule has 0 saturated heterocycles. The molecule has 122 valence electrons. The number of rotatable bonds is 11. The van der Waals surface area contributed by atoms with Gasteiger partial charge in [-0.1, -0.05) is 13.5 Å². The van der Waals surface area contributed by atoms with Gasteiger partial charge in [-0.2, -0.15) is 0 Å². The number of nitrogens with one attached hydrogen (secondary N) is 1. The molecule has 0 aromatic rings. The first-order valence-corrected chi connectivity index (χ1v) is 7.32. The summed E-state index contributed by atoms with van der Waals surface area (Å²) >= 11 is 0. The standard InChI is InChI=1S/C15H27NO5/c1-5-13(4)19-9-6-7-10-21-15(18)16-8-11-20-14(17)12(2)3/h13H,2,5-11H2,1,3-4H3,(H,16,18). The van der Waals surface area contributed by atoms with Crippen molar-refractivity contribution < 1.29 is 23.8 Å². The lowest BCUT2D eigenvalue weighted by molar-refractivity contribution is -0.138. The second-order valence-corrected chi connectivity index (χ2v) is 4.78. The Hall–Kier alpha value is -1.56. The summed E-state index contributed by atoms with van der Waals surface area (Å²) in [5, 5.41) is 2.50. The van der Waals surface area contributed by atoms with Gasteiger partial charge in [0, 0.05) is 12.2 Å². The summed E-state index contributed by atoms with van der Waals surface area (Å²) in [7, 11) is 0. The molecule has 6 heteroatoms. The lowest BCUT2D eigenvalue weighted by Gasteiger charge is -2.10. The molecule has 0 spiro atoms. The summed E-state index contributed by atoms with van der Waals surface area (Å²) in [5.41, 5.74) is 0.331. The number of ether oxygens (including phenoxy) is 3. The van der Waals surface area contributed by atoms with Gasteiger partial charge in [0.2, 0.25) is 0 Å². The summed E-state index contributed by atoms with van der Waals surface area (Å²) in [6.45, 7) is 10.5. The molecule has 0 aliphatic rings. The van der Waals surface area contributed by atoms with Gasteiger partial charge in [0.25, 0.3) is 0 Å². The van der Waals surface area contributed by atoms with Crippen LogP contribution in [0.1, 0.15) is 40.0 Å². The van der Waals surface area contributed by atoms with E-state index in [2.05, 4.69) is 18.8 Å². The van der Waals surface area contributed by atoms with Gasteiger partial charge in [-0.25, -0.2) is 9.59 Å². The molecule has 21 heavy (non-hydrogen) atoms. The topological polar surface area (TPSA) is 73.9 Å². The van der Waals surface area contributed by atoms with Gasteiger partial charge < -0.3 is 19.5 Å². The van der Waals surface area contributed by atoms with Crippen LogP contribution in [0.25, 0.3) is 0 Å². The van der Waals surface area contributed by atoms with Crippen LogP contribution in [0.2, 0.25) is 0 Å². The van der Waals surface area contributed by atoms with Crippen molar-refractivity contribution >= 4 is 12.1 Å². The first kappa shape index (κ1) is 19.4. The number of hydrogen-bond acceptors (Lipinski definition) is 5. The van der Waals surface area contributed by atoms with Crippen molar-refractivity contribution in [3.63, 3.8) is 0 Å². The van der Waals surface area contributed by atoms with Gasteiger partial charge in [-0.15, -0.1) is 0 Å². The van der Waals surface area contributed by atoms with Crippen molar-refractivity contribution in [2.45, 2.75) is 46.1 Å². The lowest BCUT2D eigenvalue weighted by atomic mass is 10.3. The minimum atomic E-state index is -0.510. The molecule has 1 N–H and O–H groups in total. The first-order valence-electron chi connectivity index (χ1n) is 7.32. The molecule has 0 aromatic heterocycles. The Morgan fingerprint density at radius 3 is 2.43 bits per heavy atom. The van der Waals surface area contributed by atoms with E-state index in [9.17, 15) is 9.59 Å². The summed E-state index contributed by atoms with van der Waals surface area (Å²) in [6.07, 6.45) is 2.37. The van der Waals surface area contributed by atoms with Crippen molar-refractivity contribution in [3.8, 4) is 0 Å². The van der Waals surface area contributed by atoms with E-state index in [0.717, 1.165) is 19.3 Å². The fraction of sp³-hybridized carbons (Fsp3) is 0.733. The van der Waals surface area contributed by atoms with E-state index in [1.165, 1.54) is 0 Å². The molecule has 1 atom stereocenters. The Kier molecular flexibility index (Phi) is 11.3. The maximum absolute atomic E-state index is 11.3. The average molecular weight is 301 g/mol. The normalized spacial score (nSPS) is 11.6. The highest BCUT2D eigenvalue weighted by atomic mass is 16.6. The number of esters is 1. The Balaban J connectivity index is 3.39. The zero-order valence-electron chi connectivity index (χ0n) is 13.3. The molecule has 0 aromatic carbocycles. The highest BCUT2D eigenvalue weighted by Gasteiger charge is 2.04. The zero-order chi connectivity index (χ0) is 16.1. The van der Waals surface area contributed by atoms with Crippen LogP contribution in [-0.4, -0.2) is 44.5 Å². The maximum Gasteiger partial charge on any atom is 0.407 e. The van der Waals surface area contributed by atoms with Gasteiger partial charge in [0.15, 0.2) is 0 Å². The fourth-order valence-corrected chi connectivity index (χ4v) is 1.24. The maximum atomic E-state index is 11.3. The van der Waals surface area contributed by atoms with Crippen molar-refractivity contribution in [2.75, 3.05) is 26.4 Å². The molecule has 0 aliphatic carbocycles. The third-order valence-corrected chi connectivity index (χ3v) is 2.70. The molecule has 1 amide bonds. The van der Waals surface area contributed by atoms with Crippen LogP contribution in [0, 0.1) is 0 Å². The molecule has 0 rings (SSSR count). The first-order chi connectivity index (χ1) is 9.97. The zero-order valence-corrected chi connectivity index (χ0v) is 13.3. The number of carbonyl (C=O) groups excluding carboxylic acids is 2. The summed E-state index contributed by atoms with van der Waals surface area (Å²) in [5.74, 6) is -0.466. The van der Waals surface area contributed by atoms with Gasteiger partial charge in [0.05, 0.1) is 19.3 Å². The third kappa shape index (κ3) is 11.9. The molecule has 0 aliphatic heterocycles. The number of hydrogen-bond donors (Lipinski definition) is 1. The van der Waals surface area contributed by atoms with E-state index >= 15 is 0 Å². The van der Waals surface area contributed by atoms with Crippen LogP contribution in [0.15, 0.2) is 12.2 Å². The summed E-state index contributed by atoms with van der Waals surface area (Å²) in [4.78, 5) is 22.3. The predicted octanol–water partition coefficient (Wildman–Crippen LogP) is 2.43. The van der Waals surface area contributed by atoms with Crippen molar-refractivity contribution in [2.24, 2.45) is 0 Å². The molecule has 1 unspecified atom stereocenters. The molecule has 0 saturated carbocycles. The molecule has 6 nitrogen and oxygen atoms in total.